The van der Waals surface area contributed by atoms with Crippen molar-refractivity contribution in [2.24, 2.45) is 5.92 Å². The molecule has 1 aliphatic rings. The minimum absolute atomic E-state index is 0.183. The van der Waals surface area contributed by atoms with Gasteiger partial charge in [0.25, 0.3) is 0 Å². The van der Waals surface area contributed by atoms with E-state index >= 15 is 0 Å². The van der Waals surface area contributed by atoms with Gasteiger partial charge in [-0.15, -0.1) is 0 Å². The molecule has 2 rings (SSSR count). The first kappa shape index (κ1) is 14.6. The zero-order valence-corrected chi connectivity index (χ0v) is 12.8. The summed E-state index contributed by atoms with van der Waals surface area (Å²) in [6.07, 6.45) is 0. The van der Waals surface area contributed by atoms with Gasteiger partial charge < -0.3 is 0 Å². The van der Waals surface area contributed by atoms with Crippen molar-refractivity contribution >= 4 is 17.6 Å². The Morgan fingerprint density at radius 3 is 2.45 bits per heavy atom. The molecule has 0 aromatic heterocycles. The lowest BCUT2D eigenvalue weighted by Crippen LogP contribution is -2.54. The first-order chi connectivity index (χ1) is 9.31. The SMILES string of the molecule is Cc1cc(N2CC(C)C(=O)NC2=O)c(C)cc1C(C)C. The summed E-state index contributed by atoms with van der Waals surface area (Å²) in [4.78, 5) is 25.2. The van der Waals surface area contributed by atoms with Crippen LogP contribution in [0.2, 0.25) is 0 Å². The molecule has 3 amide bonds. The van der Waals surface area contributed by atoms with Crippen LogP contribution < -0.4 is 10.2 Å². The monoisotopic (exact) mass is 274 g/mol. The Hall–Kier alpha value is -1.84. The van der Waals surface area contributed by atoms with Gasteiger partial charge in [-0.25, -0.2) is 4.79 Å². The molecule has 1 fully saturated rings. The molecule has 1 N–H and O–H groups in total. The number of nitrogens with one attached hydrogen (secondary N) is 1. The second-order valence-electron chi connectivity index (χ2n) is 5.96. The molecule has 0 aliphatic carbocycles. The van der Waals surface area contributed by atoms with E-state index in [2.05, 4.69) is 32.2 Å². The highest BCUT2D eigenvalue weighted by Gasteiger charge is 2.31. The van der Waals surface area contributed by atoms with E-state index in [0.29, 0.717) is 12.5 Å². The van der Waals surface area contributed by atoms with Crippen LogP contribution in [-0.4, -0.2) is 18.5 Å². The molecule has 0 radical (unpaired) electrons. The molecule has 4 nitrogen and oxygen atoms in total. The fraction of sp³-hybridized carbons (Fsp3) is 0.500. The fourth-order valence-corrected chi connectivity index (χ4v) is 2.68. The molecule has 108 valence electrons. The number of hydrogen-bond acceptors (Lipinski definition) is 2. The summed E-state index contributed by atoms with van der Waals surface area (Å²) in [5.41, 5.74) is 4.44. The van der Waals surface area contributed by atoms with Crippen LogP contribution in [0.25, 0.3) is 0 Å². The minimum atomic E-state index is -0.326. The predicted octanol–water partition coefficient (Wildman–Crippen LogP) is 3.12. The maximum Gasteiger partial charge on any atom is 0.328 e. The summed E-state index contributed by atoms with van der Waals surface area (Å²) < 4.78 is 0. The zero-order valence-electron chi connectivity index (χ0n) is 12.8. The molecule has 1 heterocycles. The third-order valence-electron chi connectivity index (χ3n) is 3.88. The number of hydrogen-bond donors (Lipinski definition) is 1. The molecule has 1 unspecified atom stereocenters. The summed E-state index contributed by atoms with van der Waals surface area (Å²) in [5.74, 6) is 0.0787. The van der Waals surface area contributed by atoms with Crippen molar-refractivity contribution in [2.45, 2.75) is 40.5 Å². The molecule has 1 saturated heterocycles. The molecule has 4 heteroatoms. The summed E-state index contributed by atoms with van der Waals surface area (Å²) in [6, 6.07) is 3.86. The number of aryl methyl sites for hydroxylation is 2. The van der Waals surface area contributed by atoms with Crippen molar-refractivity contribution in [2.75, 3.05) is 11.4 Å². The smallest absolute Gasteiger partial charge is 0.293 e. The van der Waals surface area contributed by atoms with Gasteiger partial charge in [-0.3, -0.25) is 15.0 Å². The van der Waals surface area contributed by atoms with Crippen LogP contribution in [0.1, 0.15) is 43.4 Å². The number of carbonyl (C=O) groups is 2. The number of carbonyl (C=O) groups excluding carboxylic acids is 2. The van der Waals surface area contributed by atoms with Crippen molar-refractivity contribution in [3.63, 3.8) is 0 Å². The largest absolute Gasteiger partial charge is 0.328 e. The van der Waals surface area contributed by atoms with Crippen LogP contribution in [0.3, 0.4) is 0 Å². The van der Waals surface area contributed by atoms with Gasteiger partial charge in [-0.2, -0.15) is 0 Å². The Kier molecular flexibility index (Phi) is 3.84. The average Bonchev–Trinajstić information content (AvgIpc) is 2.36. The average molecular weight is 274 g/mol. The van der Waals surface area contributed by atoms with E-state index in [0.717, 1.165) is 11.3 Å². The number of rotatable bonds is 2. The lowest BCUT2D eigenvalue weighted by Gasteiger charge is -2.32. The number of nitrogens with zero attached hydrogens (tertiary/aromatic N) is 1. The maximum atomic E-state index is 12.0. The second kappa shape index (κ2) is 5.27. The van der Waals surface area contributed by atoms with Gasteiger partial charge in [0.05, 0.1) is 5.92 Å². The van der Waals surface area contributed by atoms with Crippen molar-refractivity contribution in [3.05, 3.63) is 28.8 Å². The second-order valence-corrected chi connectivity index (χ2v) is 5.96. The number of amides is 3. The van der Waals surface area contributed by atoms with E-state index < -0.39 is 0 Å². The molecule has 0 saturated carbocycles. The third-order valence-corrected chi connectivity index (χ3v) is 3.88. The van der Waals surface area contributed by atoms with Crippen molar-refractivity contribution in [1.29, 1.82) is 0 Å². The van der Waals surface area contributed by atoms with E-state index in [1.165, 1.54) is 11.1 Å². The molecule has 0 bridgehead atoms. The van der Waals surface area contributed by atoms with Gasteiger partial charge in [-0.1, -0.05) is 26.8 Å². The minimum Gasteiger partial charge on any atom is -0.293 e. The number of anilines is 1. The van der Waals surface area contributed by atoms with Gasteiger partial charge >= 0.3 is 6.03 Å². The number of imide groups is 1. The molecule has 1 aliphatic heterocycles. The maximum absolute atomic E-state index is 12.0. The van der Waals surface area contributed by atoms with E-state index in [1.54, 1.807) is 4.90 Å². The van der Waals surface area contributed by atoms with Gasteiger partial charge in [-0.05, 0) is 42.5 Å². The van der Waals surface area contributed by atoms with Crippen LogP contribution in [0.4, 0.5) is 10.5 Å². The fourth-order valence-electron chi connectivity index (χ4n) is 2.68. The van der Waals surface area contributed by atoms with E-state index in [1.807, 2.05) is 19.9 Å². The summed E-state index contributed by atoms with van der Waals surface area (Å²) in [5, 5.41) is 2.41. The van der Waals surface area contributed by atoms with Crippen LogP contribution in [0.15, 0.2) is 12.1 Å². The van der Waals surface area contributed by atoms with Crippen LogP contribution in [-0.2, 0) is 4.79 Å². The van der Waals surface area contributed by atoms with Crippen LogP contribution >= 0.6 is 0 Å². The molecule has 20 heavy (non-hydrogen) atoms. The highest BCUT2D eigenvalue weighted by molar-refractivity contribution is 6.06. The highest BCUT2D eigenvalue weighted by Crippen LogP contribution is 2.29. The summed E-state index contributed by atoms with van der Waals surface area (Å²) in [7, 11) is 0. The first-order valence-electron chi connectivity index (χ1n) is 7.04. The Labute approximate surface area is 120 Å². The van der Waals surface area contributed by atoms with E-state index in [-0.39, 0.29) is 17.9 Å². The van der Waals surface area contributed by atoms with Crippen LogP contribution in [0.5, 0.6) is 0 Å². The van der Waals surface area contributed by atoms with Gasteiger partial charge in [0, 0.05) is 12.2 Å². The summed E-state index contributed by atoms with van der Waals surface area (Å²) >= 11 is 0. The quantitative estimate of drug-likeness (QED) is 0.900. The Morgan fingerprint density at radius 2 is 1.85 bits per heavy atom. The molecule has 1 aromatic rings. The van der Waals surface area contributed by atoms with E-state index in [4.69, 9.17) is 0 Å². The standard InChI is InChI=1S/C16H22N2O2/c1-9(2)13-6-11(4)14(7-10(13)3)18-8-12(5)15(19)17-16(18)20/h6-7,9,12H,8H2,1-5H3,(H,17,19,20). The Bertz CT molecular complexity index is 564. The molecule has 1 atom stereocenters. The topological polar surface area (TPSA) is 49.4 Å². The third kappa shape index (κ3) is 2.55. The first-order valence-corrected chi connectivity index (χ1v) is 7.04. The van der Waals surface area contributed by atoms with Crippen molar-refractivity contribution < 1.29 is 9.59 Å². The van der Waals surface area contributed by atoms with Gasteiger partial charge in [0.15, 0.2) is 0 Å². The highest BCUT2D eigenvalue weighted by atomic mass is 16.2. The number of benzene rings is 1. The summed E-state index contributed by atoms with van der Waals surface area (Å²) in [6.45, 7) is 10.7. The molecular formula is C16H22N2O2. The molecule has 0 spiro atoms. The van der Waals surface area contributed by atoms with Crippen LogP contribution in [0, 0.1) is 19.8 Å². The van der Waals surface area contributed by atoms with E-state index in [9.17, 15) is 9.59 Å². The molecular weight excluding hydrogens is 252 g/mol. The van der Waals surface area contributed by atoms with Crippen molar-refractivity contribution in [1.82, 2.24) is 5.32 Å². The van der Waals surface area contributed by atoms with Gasteiger partial charge in [0.2, 0.25) is 5.91 Å². The van der Waals surface area contributed by atoms with Gasteiger partial charge in [0.1, 0.15) is 0 Å². The number of urea groups is 1. The lowest BCUT2D eigenvalue weighted by atomic mass is 9.94. The predicted molar refractivity (Wildman–Crippen MR) is 80.1 cm³/mol. The van der Waals surface area contributed by atoms with Crippen molar-refractivity contribution in [3.8, 4) is 0 Å². The normalized spacial score (nSPS) is 19.5. The Balaban J connectivity index is 2.40. The lowest BCUT2D eigenvalue weighted by molar-refractivity contribution is -0.123. The zero-order chi connectivity index (χ0) is 15.0. The Morgan fingerprint density at radius 1 is 1.20 bits per heavy atom. The molecule has 1 aromatic carbocycles.